The van der Waals surface area contributed by atoms with E-state index in [4.69, 9.17) is 71.7 Å². The van der Waals surface area contributed by atoms with Crippen molar-refractivity contribution < 1.29 is 109 Å². The van der Waals surface area contributed by atoms with Gasteiger partial charge < -0.3 is 76.4 Å². The van der Waals surface area contributed by atoms with Crippen LogP contribution in [0.5, 0.6) is 0 Å². The summed E-state index contributed by atoms with van der Waals surface area (Å²) in [5, 5.41) is 25.8. The van der Waals surface area contributed by atoms with Gasteiger partial charge in [0.2, 0.25) is 17.7 Å². The zero-order valence-corrected chi connectivity index (χ0v) is 46.2. The SMILES string of the molecule is CC(=O)C(N)CC(CCC[18F])C(=O)O.CC(=O)C(N)CC(CCC[18F])C(N)=O.CC(=O)C(N)CC(C[18F])C(=O)O.CC(=O)C(N)CC(C[18F])C(N)=O.CC(=O)C(N)CC(OCC[18F])C(=O)O.CC(=O)C(N)CC(OCC[18F])C(N)=O. The van der Waals surface area contributed by atoms with Crippen molar-refractivity contribution in [2.75, 3.05) is 53.3 Å². The second-order valence-corrected chi connectivity index (χ2v) is 17.8. The molecule has 3 amide bonds. The predicted octanol–water partition coefficient (Wildman–Crippen LogP) is -0.921. The first-order valence-electron chi connectivity index (χ1n) is 24.6. The number of aliphatic carboxylic acids is 3. The normalized spacial score (nSPS) is 14.9. The molecule has 12 atom stereocenters. The molecule has 21 N–H and O–H groups in total. The molecule has 0 radical (unpaired) electrons. The van der Waals surface area contributed by atoms with Gasteiger partial charge in [-0.25, -0.2) is 13.6 Å². The number of primary amides is 3. The van der Waals surface area contributed by atoms with Gasteiger partial charge in [-0.2, -0.15) is 0 Å². The Morgan fingerprint density at radius 2 is 0.613 bits per heavy atom. The molecule has 80 heavy (non-hydrogen) atoms. The smallest absolute Gasteiger partial charge is 0.332 e. The lowest BCUT2D eigenvalue weighted by atomic mass is 9.93. The number of amides is 3. The number of hydrogen-bond donors (Lipinski definition) is 12. The summed E-state index contributed by atoms with van der Waals surface area (Å²) in [6.45, 7) is 2.90. The molecule has 0 saturated carbocycles. The molecule has 12 unspecified atom stereocenters. The Bertz CT molecular complexity index is 1650. The average Bonchev–Trinajstić information content (AvgIpc) is 3.36. The summed E-state index contributed by atoms with van der Waals surface area (Å²) in [6, 6.07) is -4.77. The van der Waals surface area contributed by atoms with Crippen LogP contribution in [0.25, 0.3) is 0 Å². The van der Waals surface area contributed by atoms with Gasteiger partial charge in [0.05, 0.1) is 80.6 Å². The highest BCUT2D eigenvalue weighted by Crippen LogP contribution is 2.15. The van der Waals surface area contributed by atoms with Crippen molar-refractivity contribution in [1.82, 2.24) is 0 Å². The van der Waals surface area contributed by atoms with Gasteiger partial charge in [0.25, 0.3) is 0 Å². The summed E-state index contributed by atoms with van der Waals surface area (Å²) < 4.78 is 80.6. The Labute approximate surface area is 461 Å². The molecule has 0 aromatic heterocycles. The van der Waals surface area contributed by atoms with Crippen molar-refractivity contribution in [2.24, 2.45) is 75.3 Å². The lowest BCUT2D eigenvalue weighted by Gasteiger charge is -2.16. The number of halogens is 6. The van der Waals surface area contributed by atoms with Crippen LogP contribution in [0, 0.1) is 23.7 Å². The summed E-state index contributed by atoms with van der Waals surface area (Å²) in [5.74, 6) is -10.4. The molecule has 0 aromatic rings. The van der Waals surface area contributed by atoms with Gasteiger partial charge in [0.1, 0.15) is 67.5 Å². The number of rotatable bonds is 38. The zero-order valence-electron chi connectivity index (χ0n) is 46.2. The summed E-state index contributed by atoms with van der Waals surface area (Å²) in [7, 11) is 0. The molecular weight excluding hydrogens is 1080 g/mol. The Balaban J connectivity index is -0.000000206. The molecule has 0 heterocycles. The number of carbonyl (C=O) groups is 12. The topological polar surface area (TPSA) is 518 Å². The van der Waals surface area contributed by atoms with E-state index in [0.717, 1.165) is 0 Å². The van der Waals surface area contributed by atoms with Crippen molar-refractivity contribution in [2.45, 2.75) is 154 Å². The van der Waals surface area contributed by atoms with Gasteiger partial charge in [-0.15, -0.1) is 0 Å². The van der Waals surface area contributed by atoms with Crippen LogP contribution < -0.4 is 51.6 Å². The molecule has 0 aliphatic heterocycles. The fourth-order valence-electron chi connectivity index (χ4n) is 5.41. The second kappa shape index (κ2) is 51.3. The van der Waals surface area contributed by atoms with E-state index >= 15 is 0 Å². The summed E-state index contributed by atoms with van der Waals surface area (Å²) in [4.78, 5) is 128. The molecule has 32 heteroatoms. The molecule has 0 bridgehead atoms. The number of alkyl halides is 6. The number of carboxylic acids is 3. The number of carboxylic acid groups (broad SMARTS) is 3. The molecule has 0 aromatic carbocycles. The zero-order chi connectivity index (χ0) is 64.0. The van der Waals surface area contributed by atoms with Gasteiger partial charge in [-0.1, -0.05) is 0 Å². The summed E-state index contributed by atoms with van der Waals surface area (Å²) >= 11 is 0. The third-order valence-electron chi connectivity index (χ3n) is 10.9. The van der Waals surface area contributed by atoms with E-state index in [1.807, 2.05) is 0 Å². The Morgan fingerprint density at radius 3 is 0.863 bits per heavy atom. The van der Waals surface area contributed by atoms with Gasteiger partial charge in [0, 0.05) is 18.8 Å². The van der Waals surface area contributed by atoms with Crippen LogP contribution >= 0.6 is 0 Å². The Morgan fingerprint density at radius 1 is 0.350 bits per heavy atom. The summed E-state index contributed by atoms with van der Waals surface area (Å²) in [5.41, 5.74) is 47.1. The molecule has 0 spiro atoms. The van der Waals surface area contributed by atoms with Crippen LogP contribution in [0.3, 0.4) is 0 Å². The van der Waals surface area contributed by atoms with Crippen LogP contribution in [-0.2, 0) is 67.0 Å². The third-order valence-corrected chi connectivity index (χ3v) is 10.9. The van der Waals surface area contributed by atoms with E-state index in [2.05, 4.69) is 4.74 Å². The first kappa shape index (κ1) is 85.4. The van der Waals surface area contributed by atoms with E-state index in [-0.39, 0.29) is 106 Å². The van der Waals surface area contributed by atoms with Crippen molar-refractivity contribution in [3.05, 3.63) is 0 Å². The maximum absolute atomic E-state index is 12.1. The number of nitrogens with two attached hydrogens (primary N) is 9. The van der Waals surface area contributed by atoms with Crippen LogP contribution in [0.2, 0.25) is 0 Å². The predicted molar refractivity (Wildman–Crippen MR) is 278 cm³/mol. The number of ketones is 6. The minimum atomic E-state index is -1.26. The molecule has 0 fully saturated rings. The minimum Gasteiger partial charge on any atom is -0.481 e. The first-order valence-corrected chi connectivity index (χ1v) is 24.6. The highest BCUT2D eigenvalue weighted by molar-refractivity contribution is 5.86. The Hall–Kier alpha value is -5.90. The third kappa shape index (κ3) is 49.2. The second-order valence-electron chi connectivity index (χ2n) is 17.8. The van der Waals surface area contributed by atoms with Gasteiger partial charge >= 0.3 is 17.9 Å². The molecular formula is C48H87F6N9O17. The molecule has 468 valence electrons. The quantitative estimate of drug-likeness (QED) is 0.0333. The lowest BCUT2D eigenvalue weighted by molar-refractivity contribution is -0.151. The van der Waals surface area contributed by atoms with Crippen molar-refractivity contribution in [1.29, 1.82) is 0 Å². The minimum absolute atomic E-state index is 0.00926. The molecule has 0 saturated heterocycles. The van der Waals surface area contributed by atoms with Crippen LogP contribution in [0.15, 0.2) is 0 Å². The fraction of sp³-hybridized carbons (Fsp3) is 0.750. The van der Waals surface area contributed by atoms with Gasteiger partial charge in [-0.3, -0.25) is 70.3 Å². The monoisotopic (exact) mass is 1170 g/mol. The van der Waals surface area contributed by atoms with Crippen molar-refractivity contribution in [3.63, 3.8) is 0 Å². The van der Waals surface area contributed by atoms with E-state index in [9.17, 15) is 83.9 Å². The van der Waals surface area contributed by atoms with E-state index in [0.29, 0.717) is 6.42 Å². The van der Waals surface area contributed by atoms with Gasteiger partial charge in [0.15, 0.2) is 6.10 Å². The average molecular weight is 1170 g/mol. The molecule has 26 nitrogen and oxygen atoms in total. The molecule has 0 aliphatic carbocycles. The van der Waals surface area contributed by atoms with Crippen LogP contribution in [-0.4, -0.2) is 187 Å². The molecule has 0 aliphatic rings. The number of carbonyl (C=O) groups excluding carboxylic acids is 9. The lowest BCUT2D eigenvalue weighted by Crippen LogP contribution is -2.40. The Kier molecular flexibility index (Phi) is 54.7. The maximum Gasteiger partial charge on any atom is 0.332 e. The van der Waals surface area contributed by atoms with Crippen LogP contribution in [0.4, 0.5) is 26.3 Å². The van der Waals surface area contributed by atoms with E-state index in [1.54, 1.807) is 0 Å². The summed E-state index contributed by atoms with van der Waals surface area (Å²) in [6.07, 6.45) is -1.15. The van der Waals surface area contributed by atoms with E-state index < -0.39 is 148 Å². The van der Waals surface area contributed by atoms with Crippen molar-refractivity contribution in [3.8, 4) is 0 Å². The van der Waals surface area contributed by atoms with E-state index in [1.165, 1.54) is 41.5 Å². The highest BCUT2D eigenvalue weighted by Gasteiger charge is 2.26. The van der Waals surface area contributed by atoms with Crippen molar-refractivity contribution >= 4 is 70.3 Å². The number of ether oxygens (including phenoxy) is 2. The number of hydrogen-bond acceptors (Lipinski definition) is 20. The first-order chi connectivity index (χ1) is 36.9. The van der Waals surface area contributed by atoms with Crippen LogP contribution in [0.1, 0.15) is 106 Å². The molecule has 0 rings (SSSR count). The maximum atomic E-state index is 12.1. The number of Topliss-reactive ketones (excluding diaryl/α,β-unsaturated/α-hetero) is 6. The standard InChI is InChI=1S/C9H17FN2O2.C9H16FNO3.C8H15FN2O3.C8H14FNO4.C7H13FN2O2.C7H12FNO3/c1-6(13)8(11)5-7(9(12)14)3-2-4-10;1-6(12)8(11)5-7(9(13)14)3-2-4-10;1-5(12)6(10)4-7(8(11)13)14-3-2-9;1-5(11)6(10)4-7(8(12)13)14-3-2-9;1-4(11)6(9)2-5(3-8)7(10)12;1-4(10)6(9)2-5(3-8)7(11)12/h7-8H,2-5,11H2,1H3,(H2,12,14);7-8H,2-5,11H2,1H3,(H,13,14);6-7H,2-4,10H2,1H3,(H2,11,13);6-7H,2-4,10H2,1H3,(H,12,13);5-6H,2-3,9H2,1H3,(H2,10,12);5-6H,2-3,9H2,1H3,(H,11,12)/i2*10-1;2*9-1;2*8-1. The fourth-order valence-corrected chi connectivity index (χ4v) is 5.41. The van der Waals surface area contributed by atoms with Gasteiger partial charge in [-0.05, 0) is 92.9 Å². The largest absolute Gasteiger partial charge is 0.481 e. The highest BCUT2D eigenvalue weighted by atomic mass is 18.2.